The van der Waals surface area contributed by atoms with E-state index in [9.17, 15) is 0 Å². The van der Waals surface area contributed by atoms with Crippen LogP contribution in [0.15, 0.2) is 6.07 Å². The molecular weight excluding hydrogens is 276 g/mol. The van der Waals surface area contributed by atoms with Crippen LogP contribution in [0.4, 0.5) is 0 Å². The fourth-order valence-electron chi connectivity index (χ4n) is 6.19. The Balaban J connectivity index is 2.16. The number of benzene rings is 1. The zero-order chi connectivity index (χ0) is 16.8. The van der Waals surface area contributed by atoms with Crippen LogP contribution >= 0.6 is 0 Å². The summed E-state index contributed by atoms with van der Waals surface area (Å²) in [5.41, 5.74) is 10.1. The fourth-order valence-corrected chi connectivity index (χ4v) is 6.19. The molecule has 0 amide bonds. The maximum absolute atomic E-state index is 2.59. The second-order valence-electron chi connectivity index (χ2n) is 10.8. The molecule has 2 unspecified atom stereocenters. The average Bonchev–Trinajstić information content (AvgIpc) is 2.45. The van der Waals surface area contributed by atoms with Crippen LogP contribution in [-0.2, 0) is 21.7 Å². The Kier molecular flexibility index (Phi) is 2.90. The normalized spacial score (nSPS) is 36.5. The molecule has 23 heavy (non-hydrogen) atoms. The van der Waals surface area contributed by atoms with E-state index >= 15 is 0 Å². The smallest absolute Gasteiger partial charge is 0.00685 e. The molecule has 0 aromatic heterocycles. The second-order valence-corrected chi connectivity index (χ2v) is 10.8. The van der Waals surface area contributed by atoms with E-state index < -0.39 is 0 Å². The highest BCUT2D eigenvalue weighted by atomic mass is 14.6. The lowest BCUT2D eigenvalue weighted by Gasteiger charge is -2.56. The quantitative estimate of drug-likeness (QED) is 0.516. The van der Waals surface area contributed by atoms with Gasteiger partial charge >= 0.3 is 0 Å². The zero-order valence-corrected chi connectivity index (χ0v) is 16.3. The summed E-state index contributed by atoms with van der Waals surface area (Å²) in [6.07, 6.45) is 8.22. The van der Waals surface area contributed by atoms with Crippen molar-refractivity contribution in [2.45, 2.75) is 109 Å². The highest BCUT2D eigenvalue weighted by molar-refractivity contribution is 5.60. The summed E-state index contributed by atoms with van der Waals surface area (Å²) in [4.78, 5) is 0. The lowest BCUT2D eigenvalue weighted by atomic mass is 9.48. The summed E-state index contributed by atoms with van der Waals surface area (Å²) < 4.78 is 0. The minimum absolute atomic E-state index is 0.341. The third kappa shape index (κ3) is 1.90. The van der Waals surface area contributed by atoms with Gasteiger partial charge in [-0.2, -0.15) is 0 Å². The summed E-state index contributed by atoms with van der Waals surface area (Å²) in [5.74, 6) is 0. The van der Waals surface area contributed by atoms with Crippen LogP contribution in [0.2, 0.25) is 0 Å². The van der Waals surface area contributed by atoms with Crippen LogP contribution in [0, 0.1) is 6.92 Å². The first-order valence-corrected chi connectivity index (χ1v) is 9.70. The summed E-state index contributed by atoms with van der Waals surface area (Å²) in [6.45, 7) is 17.4. The summed E-state index contributed by atoms with van der Waals surface area (Å²) in [6, 6.07) is 2.59. The second kappa shape index (κ2) is 4.24. The minimum Gasteiger partial charge on any atom is -0.0558 e. The van der Waals surface area contributed by atoms with Gasteiger partial charge in [0.25, 0.3) is 0 Å². The Labute approximate surface area is 143 Å². The van der Waals surface area contributed by atoms with E-state index in [2.05, 4.69) is 54.5 Å². The topological polar surface area (TPSA) is 0 Å². The molecule has 4 rings (SSSR count). The van der Waals surface area contributed by atoms with E-state index in [0.29, 0.717) is 21.7 Å². The average molecular weight is 311 g/mol. The maximum Gasteiger partial charge on any atom is -0.00685 e. The van der Waals surface area contributed by atoms with Crippen LogP contribution in [0.5, 0.6) is 0 Å². The molecule has 1 aromatic rings. The van der Waals surface area contributed by atoms with Crippen LogP contribution in [0.25, 0.3) is 0 Å². The first-order valence-electron chi connectivity index (χ1n) is 9.70. The van der Waals surface area contributed by atoms with Crippen LogP contribution < -0.4 is 0 Å². The molecule has 0 radical (unpaired) electrons. The molecule has 126 valence electrons. The van der Waals surface area contributed by atoms with Gasteiger partial charge in [0, 0.05) is 0 Å². The molecule has 3 aliphatic rings. The van der Waals surface area contributed by atoms with E-state index in [1.54, 1.807) is 27.8 Å². The van der Waals surface area contributed by atoms with Gasteiger partial charge < -0.3 is 0 Å². The molecule has 0 saturated carbocycles. The van der Waals surface area contributed by atoms with Gasteiger partial charge in [-0.1, -0.05) is 47.6 Å². The van der Waals surface area contributed by atoms with E-state index in [-0.39, 0.29) is 0 Å². The predicted octanol–water partition coefficient (Wildman–Crippen LogP) is 6.45. The fraction of sp³-hybridized carbons (Fsp3) is 0.739. The minimum atomic E-state index is 0.341. The van der Waals surface area contributed by atoms with E-state index in [4.69, 9.17) is 0 Å². The number of hydrogen-bond donors (Lipinski definition) is 0. The molecule has 3 aliphatic carbocycles. The third-order valence-corrected chi connectivity index (χ3v) is 7.97. The Morgan fingerprint density at radius 1 is 0.609 bits per heavy atom. The SMILES string of the molecule is Cc1cc2c3c4c1C(C)(C)CCC4(C)CCC3(C)CCC2(C)C. The summed E-state index contributed by atoms with van der Waals surface area (Å²) in [7, 11) is 0. The Morgan fingerprint density at radius 2 is 1.09 bits per heavy atom. The van der Waals surface area contributed by atoms with Crippen molar-refractivity contribution in [2.75, 3.05) is 0 Å². The van der Waals surface area contributed by atoms with Crippen molar-refractivity contribution in [3.63, 3.8) is 0 Å². The number of rotatable bonds is 0. The molecule has 0 saturated heterocycles. The van der Waals surface area contributed by atoms with Gasteiger partial charge in [-0.3, -0.25) is 0 Å². The molecule has 0 heteroatoms. The largest absolute Gasteiger partial charge is 0.0558 e. The number of aryl methyl sites for hydroxylation is 1. The Hall–Kier alpha value is -0.780. The van der Waals surface area contributed by atoms with Gasteiger partial charge in [-0.15, -0.1) is 0 Å². The van der Waals surface area contributed by atoms with E-state index in [1.165, 1.54) is 38.5 Å². The zero-order valence-electron chi connectivity index (χ0n) is 16.3. The van der Waals surface area contributed by atoms with Crippen molar-refractivity contribution < 1.29 is 0 Å². The Morgan fingerprint density at radius 3 is 1.70 bits per heavy atom. The third-order valence-electron chi connectivity index (χ3n) is 7.97. The van der Waals surface area contributed by atoms with E-state index in [1.807, 2.05) is 0 Å². The lowest BCUT2D eigenvalue weighted by Crippen LogP contribution is -2.48. The monoisotopic (exact) mass is 310 g/mol. The van der Waals surface area contributed by atoms with Crippen molar-refractivity contribution in [3.05, 3.63) is 33.9 Å². The van der Waals surface area contributed by atoms with Gasteiger partial charge in [0.1, 0.15) is 0 Å². The van der Waals surface area contributed by atoms with Gasteiger partial charge in [-0.05, 0) is 94.9 Å². The molecule has 0 nitrogen and oxygen atoms in total. The molecule has 2 atom stereocenters. The summed E-state index contributed by atoms with van der Waals surface area (Å²) >= 11 is 0. The lowest BCUT2D eigenvalue weighted by molar-refractivity contribution is 0.200. The molecule has 0 spiro atoms. The van der Waals surface area contributed by atoms with Crippen molar-refractivity contribution in [1.82, 2.24) is 0 Å². The molecule has 0 aliphatic heterocycles. The highest BCUT2D eigenvalue weighted by Crippen LogP contribution is 2.61. The molecule has 0 N–H and O–H groups in total. The van der Waals surface area contributed by atoms with Gasteiger partial charge in [0.2, 0.25) is 0 Å². The number of hydrogen-bond acceptors (Lipinski definition) is 0. The van der Waals surface area contributed by atoms with Crippen LogP contribution in [-0.4, -0.2) is 0 Å². The van der Waals surface area contributed by atoms with Crippen LogP contribution in [0.3, 0.4) is 0 Å². The van der Waals surface area contributed by atoms with Gasteiger partial charge in [0.05, 0.1) is 0 Å². The molecule has 0 heterocycles. The van der Waals surface area contributed by atoms with Crippen molar-refractivity contribution in [2.24, 2.45) is 0 Å². The molecule has 1 aromatic carbocycles. The Bertz CT molecular complexity index is 690. The standard InChI is InChI=1S/C23H34/c1-15-14-16-18-19-17(15)21(4,5)9-11-23(19,7)13-12-22(18,6)10-8-20(16,2)3/h14H,8-13H2,1-7H3. The first kappa shape index (κ1) is 15.7. The predicted molar refractivity (Wildman–Crippen MR) is 99.6 cm³/mol. The van der Waals surface area contributed by atoms with Gasteiger partial charge in [0.15, 0.2) is 0 Å². The van der Waals surface area contributed by atoms with Gasteiger partial charge in [-0.25, -0.2) is 0 Å². The molecule has 0 fully saturated rings. The van der Waals surface area contributed by atoms with Crippen molar-refractivity contribution in [1.29, 1.82) is 0 Å². The van der Waals surface area contributed by atoms with Crippen molar-refractivity contribution >= 4 is 0 Å². The highest BCUT2D eigenvalue weighted by Gasteiger charge is 2.52. The van der Waals surface area contributed by atoms with Crippen LogP contribution in [0.1, 0.15) is 108 Å². The van der Waals surface area contributed by atoms with E-state index in [0.717, 1.165) is 0 Å². The summed E-state index contributed by atoms with van der Waals surface area (Å²) in [5, 5.41) is 0. The molecular formula is C23H34. The van der Waals surface area contributed by atoms with Crippen molar-refractivity contribution in [3.8, 4) is 0 Å². The molecule has 0 bridgehead atoms. The first-order chi connectivity index (χ1) is 10.5. The maximum atomic E-state index is 2.59.